The highest BCUT2D eigenvalue weighted by atomic mass is 19.1. The zero-order valence-electron chi connectivity index (χ0n) is 11.5. The average Bonchev–Trinajstić information content (AvgIpc) is 2.48. The van der Waals surface area contributed by atoms with Crippen molar-refractivity contribution in [2.24, 2.45) is 0 Å². The fraction of sp³-hybridized carbons (Fsp3) is 0.188. The van der Waals surface area contributed by atoms with E-state index in [0.717, 1.165) is 6.07 Å². The Labute approximate surface area is 121 Å². The summed E-state index contributed by atoms with van der Waals surface area (Å²) in [7, 11) is 1.75. The highest BCUT2D eigenvalue weighted by Gasteiger charge is 2.08. The quantitative estimate of drug-likeness (QED) is 0.919. The van der Waals surface area contributed by atoms with E-state index < -0.39 is 5.82 Å². The minimum atomic E-state index is -0.494. The molecule has 2 aromatic carbocycles. The van der Waals surface area contributed by atoms with Crippen LogP contribution in [0, 0.1) is 23.0 Å². The molecule has 1 N–H and O–H groups in total. The Morgan fingerprint density at radius 1 is 1.14 bits per heavy atom. The van der Waals surface area contributed by atoms with Gasteiger partial charge in [-0.05, 0) is 37.4 Å². The second-order valence-corrected chi connectivity index (χ2v) is 4.49. The predicted molar refractivity (Wildman–Crippen MR) is 74.6 cm³/mol. The van der Waals surface area contributed by atoms with Crippen LogP contribution in [0.4, 0.5) is 8.78 Å². The van der Waals surface area contributed by atoms with Gasteiger partial charge in [0.2, 0.25) is 0 Å². The van der Waals surface area contributed by atoms with E-state index in [4.69, 9.17) is 10.00 Å². The molecule has 0 aliphatic carbocycles. The number of benzene rings is 2. The lowest BCUT2D eigenvalue weighted by Gasteiger charge is -2.12. The molecule has 0 atom stereocenters. The number of nitrogens with zero attached hydrogens (tertiary/aromatic N) is 1. The van der Waals surface area contributed by atoms with E-state index in [1.54, 1.807) is 7.05 Å². The summed E-state index contributed by atoms with van der Waals surface area (Å²) in [5.41, 5.74) is 1.26. The lowest BCUT2D eigenvalue weighted by atomic mass is 10.1. The molecule has 108 valence electrons. The lowest BCUT2D eigenvalue weighted by molar-refractivity contribution is 0.295. The van der Waals surface area contributed by atoms with Crippen molar-refractivity contribution in [2.75, 3.05) is 7.05 Å². The Hall–Kier alpha value is -2.45. The summed E-state index contributed by atoms with van der Waals surface area (Å²) in [6.07, 6.45) is 0. The molecule has 0 aliphatic rings. The summed E-state index contributed by atoms with van der Waals surface area (Å²) in [6.45, 7) is 0.461. The van der Waals surface area contributed by atoms with Crippen molar-refractivity contribution in [1.29, 1.82) is 5.26 Å². The summed E-state index contributed by atoms with van der Waals surface area (Å²) in [5.74, 6) is -0.349. The van der Waals surface area contributed by atoms with Crippen LogP contribution >= 0.6 is 0 Å². The van der Waals surface area contributed by atoms with Crippen LogP contribution in [0.2, 0.25) is 0 Å². The van der Waals surface area contributed by atoms with Gasteiger partial charge in [0.15, 0.2) is 0 Å². The number of nitriles is 1. The summed E-state index contributed by atoms with van der Waals surface area (Å²) >= 11 is 0. The number of ether oxygens (including phenoxy) is 1. The minimum Gasteiger partial charge on any atom is -0.488 e. The van der Waals surface area contributed by atoms with Crippen molar-refractivity contribution in [3.8, 4) is 11.8 Å². The standard InChI is InChI=1S/C16H14F2N2O/c1-20-9-13-7-14(17)4-5-16(13)21-10-12-3-2-11(8-19)6-15(12)18/h2-7,20H,9-10H2,1H3. The number of hydrogen-bond donors (Lipinski definition) is 1. The maximum Gasteiger partial charge on any atom is 0.131 e. The fourth-order valence-electron chi connectivity index (χ4n) is 1.91. The van der Waals surface area contributed by atoms with Crippen molar-refractivity contribution in [1.82, 2.24) is 5.32 Å². The van der Waals surface area contributed by atoms with E-state index in [-0.39, 0.29) is 18.0 Å². The van der Waals surface area contributed by atoms with Crippen LogP contribution in [0.25, 0.3) is 0 Å². The van der Waals surface area contributed by atoms with Crippen LogP contribution < -0.4 is 10.1 Å². The molecular formula is C16H14F2N2O. The van der Waals surface area contributed by atoms with Gasteiger partial charge < -0.3 is 10.1 Å². The SMILES string of the molecule is CNCc1cc(F)ccc1OCc1ccc(C#N)cc1F. The van der Waals surface area contributed by atoms with Gasteiger partial charge in [-0.15, -0.1) is 0 Å². The third-order valence-electron chi connectivity index (χ3n) is 2.96. The average molecular weight is 288 g/mol. The first-order valence-corrected chi connectivity index (χ1v) is 6.38. The van der Waals surface area contributed by atoms with Gasteiger partial charge in [-0.1, -0.05) is 6.07 Å². The second kappa shape index (κ2) is 6.82. The number of nitrogens with one attached hydrogen (secondary N) is 1. The van der Waals surface area contributed by atoms with Crippen molar-refractivity contribution in [2.45, 2.75) is 13.2 Å². The third-order valence-corrected chi connectivity index (χ3v) is 2.96. The van der Waals surface area contributed by atoms with E-state index in [1.165, 1.54) is 30.3 Å². The predicted octanol–water partition coefficient (Wildman–Crippen LogP) is 3.13. The molecule has 0 heterocycles. The molecule has 3 nitrogen and oxygen atoms in total. The number of rotatable bonds is 5. The summed E-state index contributed by atoms with van der Waals surface area (Å²) in [4.78, 5) is 0. The van der Waals surface area contributed by atoms with Gasteiger partial charge in [-0.3, -0.25) is 0 Å². The Morgan fingerprint density at radius 2 is 1.95 bits per heavy atom. The molecule has 0 aromatic heterocycles. The maximum atomic E-state index is 13.7. The molecule has 2 aromatic rings. The monoisotopic (exact) mass is 288 g/mol. The molecule has 0 radical (unpaired) electrons. The van der Waals surface area contributed by atoms with Gasteiger partial charge in [0.05, 0.1) is 11.6 Å². The van der Waals surface area contributed by atoms with E-state index >= 15 is 0 Å². The topological polar surface area (TPSA) is 45.0 Å². The first kappa shape index (κ1) is 14.9. The molecule has 5 heteroatoms. The van der Waals surface area contributed by atoms with E-state index in [2.05, 4.69) is 5.32 Å². The Kier molecular flexibility index (Phi) is 4.85. The zero-order chi connectivity index (χ0) is 15.2. The lowest BCUT2D eigenvalue weighted by Crippen LogP contribution is -2.08. The molecule has 0 bridgehead atoms. The van der Waals surface area contributed by atoms with E-state index in [1.807, 2.05) is 6.07 Å². The summed E-state index contributed by atoms with van der Waals surface area (Å²) < 4.78 is 32.5. The molecule has 0 amide bonds. The van der Waals surface area contributed by atoms with Gasteiger partial charge in [0.1, 0.15) is 24.0 Å². The van der Waals surface area contributed by atoms with Crippen LogP contribution in [0.3, 0.4) is 0 Å². The van der Waals surface area contributed by atoms with Crippen LogP contribution in [0.5, 0.6) is 5.75 Å². The fourth-order valence-corrected chi connectivity index (χ4v) is 1.91. The maximum absolute atomic E-state index is 13.7. The van der Waals surface area contributed by atoms with Gasteiger partial charge in [-0.2, -0.15) is 5.26 Å². The highest BCUT2D eigenvalue weighted by molar-refractivity contribution is 5.35. The van der Waals surface area contributed by atoms with Crippen LogP contribution in [0.15, 0.2) is 36.4 Å². The number of hydrogen-bond acceptors (Lipinski definition) is 3. The molecule has 2 rings (SSSR count). The van der Waals surface area contributed by atoms with Crippen molar-refractivity contribution >= 4 is 0 Å². The van der Waals surface area contributed by atoms with Gasteiger partial charge in [0.25, 0.3) is 0 Å². The first-order valence-electron chi connectivity index (χ1n) is 6.38. The van der Waals surface area contributed by atoms with Gasteiger partial charge in [0, 0.05) is 17.7 Å². The molecule has 0 saturated heterocycles. The molecule has 0 saturated carbocycles. The Morgan fingerprint density at radius 3 is 2.62 bits per heavy atom. The molecular weight excluding hydrogens is 274 g/mol. The Balaban J connectivity index is 2.15. The Bertz CT molecular complexity index is 680. The molecule has 0 fully saturated rings. The summed E-state index contributed by atoms with van der Waals surface area (Å²) in [6, 6.07) is 10.3. The second-order valence-electron chi connectivity index (χ2n) is 4.49. The highest BCUT2D eigenvalue weighted by Crippen LogP contribution is 2.21. The van der Waals surface area contributed by atoms with Gasteiger partial charge >= 0.3 is 0 Å². The van der Waals surface area contributed by atoms with Crippen LogP contribution in [-0.2, 0) is 13.2 Å². The molecule has 21 heavy (non-hydrogen) atoms. The van der Waals surface area contributed by atoms with Crippen molar-refractivity contribution < 1.29 is 13.5 Å². The van der Waals surface area contributed by atoms with Crippen molar-refractivity contribution in [3.63, 3.8) is 0 Å². The summed E-state index contributed by atoms with van der Waals surface area (Å²) in [5, 5.41) is 11.6. The largest absolute Gasteiger partial charge is 0.488 e. The van der Waals surface area contributed by atoms with Crippen LogP contribution in [0.1, 0.15) is 16.7 Å². The molecule has 0 spiro atoms. The van der Waals surface area contributed by atoms with E-state index in [0.29, 0.717) is 23.4 Å². The van der Waals surface area contributed by atoms with E-state index in [9.17, 15) is 8.78 Å². The number of halogens is 2. The minimum absolute atomic E-state index is 0.0138. The van der Waals surface area contributed by atoms with Crippen molar-refractivity contribution in [3.05, 3.63) is 64.7 Å². The zero-order valence-corrected chi connectivity index (χ0v) is 11.5. The normalized spacial score (nSPS) is 10.2. The first-order chi connectivity index (χ1) is 10.1. The third kappa shape index (κ3) is 3.77. The van der Waals surface area contributed by atoms with Gasteiger partial charge in [-0.25, -0.2) is 8.78 Å². The smallest absolute Gasteiger partial charge is 0.131 e. The molecule has 0 aliphatic heterocycles. The molecule has 0 unspecified atom stereocenters. The van der Waals surface area contributed by atoms with Crippen LogP contribution in [-0.4, -0.2) is 7.05 Å².